The molecule has 1 unspecified atom stereocenters. The number of pyridine rings is 1. The lowest BCUT2D eigenvalue weighted by Crippen LogP contribution is -2.36. The average molecular weight is 362 g/mol. The Labute approximate surface area is 151 Å². The maximum Gasteiger partial charge on any atom is 0.220 e. The van der Waals surface area contributed by atoms with E-state index in [4.69, 9.17) is 5.73 Å². The first-order valence-corrected chi connectivity index (χ1v) is 7.95. The van der Waals surface area contributed by atoms with Crippen molar-refractivity contribution in [3.05, 3.63) is 29.6 Å². The van der Waals surface area contributed by atoms with Crippen LogP contribution in [-0.2, 0) is 4.79 Å². The lowest BCUT2D eigenvalue weighted by molar-refractivity contribution is -0.123. The number of carbonyl (C=O) groups excluding carboxylic acids is 1. The minimum atomic E-state index is -0.0312. The van der Waals surface area contributed by atoms with E-state index >= 15 is 0 Å². The number of hydrogen-bond donors (Lipinski definition) is 2. The van der Waals surface area contributed by atoms with Crippen LogP contribution in [0.3, 0.4) is 0 Å². The Morgan fingerprint density at radius 2 is 2.09 bits per heavy atom. The molecular weight excluding hydrogens is 333 g/mol. The topological polar surface area (TPSA) is 68.0 Å². The van der Waals surface area contributed by atoms with E-state index in [2.05, 4.69) is 24.1 Å². The molecule has 0 radical (unpaired) electrons. The maximum absolute atomic E-state index is 12.3. The summed E-state index contributed by atoms with van der Waals surface area (Å²) in [5, 5.41) is 3.16. The van der Waals surface area contributed by atoms with Crippen LogP contribution in [0.15, 0.2) is 18.3 Å². The zero-order chi connectivity index (χ0) is 15.4. The van der Waals surface area contributed by atoms with Crippen molar-refractivity contribution < 1.29 is 4.79 Å². The number of rotatable bonds is 5. The van der Waals surface area contributed by atoms with Gasteiger partial charge in [-0.1, -0.05) is 26.3 Å². The van der Waals surface area contributed by atoms with Crippen molar-refractivity contribution >= 4 is 30.7 Å². The summed E-state index contributed by atoms with van der Waals surface area (Å²) in [6, 6.07) is 4.12. The average Bonchev–Trinajstić information content (AvgIpc) is 2.82. The van der Waals surface area contributed by atoms with Gasteiger partial charge in [-0.25, -0.2) is 0 Å². The second-order valence-corrected chi connectivity index (χ2v) is 6.55. The summed E-state index contributed by atoms with van der Waals surface area (Å²) in [7, 11) is 0. The molecule has 1 aliphatic carbocycles. The molecule has 3 N–H and O–H groups in total. The summed E-state index contributed by atoms with van der Waals surface area (Å²) in [5.74, 6) is 0.739. The minimum absolute atomic E-state index is 0. The zero-order valence-corrected chi connectivity index (χ0v) is 15.8. The molecule has 0 aliphatic heterocycles. The van der Waals surface area contributed by atoms with Crippen molar-refractivity contribution in [2.75, 3.05) is 0 Å². The quantitative estimate of drug-likeness (QED) is 0.842. The second kappa shape index (κ2) is 10.1. The van der Waals surface area contributed by atoms with Crippen molar-refractivity contribution in [2.24, 2.45) is 17.6 Å². The Kier molecular flexibility index (Phi) is 9.74. The van der Waals surface area contributed by atoms with Gasteiger partial charge in [0, 0.05) is 18.7 Å². The number of carbonyl (C=O) groups is 1. The molecule has 1 amide bonds. The van der Waals surface area contributed by atoms with Gasteiger partial charge >= 0.3 is 0 Å². The molecule has 1 aromatic heterocycles. The Morgan fingerprint density at radius 1 is 1.39 bits per heavy atom. The van der Waals surface area contributed by atoms with Crippen molar-refractivity contribution in [3.8, 4) is 0 Å². The number of halogens is 2. The predicted octanol–water partition coefficient (Wildman–Crippen LogP) is 3.56. The molecule has 3 atom stereocenters. The van der Waals surface area contributed by atoms with E-state index in [-0.39, 0.29) is 42.8 Å². The number of nitrogens with zero attached hydrogens (tertiary/aromatic N) is 1. The molecule has 1 aliphatic rings. The van der Waals surface area contributed by atoms with E-state index in [1.807, 2.05) is 19.1 Å². The number of amides is 1. The molecule has 0 spiro atoms. The van der Waals surface area contributed by atoms with Gasteiger partial charge in [0.05, 0.1) is 11.7 Å². The Hall–Kier alpha value is -0.840. The summed E-state index contributed by atoms with van der Waals surface area (Å²) in [4.78, 5) is 16.8. The molecule has 23 heavy (non-hydrogen) atoms. The third kappa shape index (κ3) is 5.94. The largest absolute Gasteiger partial charge is 0.347 e. The fourth-order valence-electron chi connectivity index (χ4n) is 3.16. The number of aromatic nitrogens is 1. The van der Waals surface area contributed by atoms with Gasteiger partial charge in [-0.2, -0.15) is 0 Å². The summed E-state index contributed by atoms with van der Waals surface area (Å²) in [6.07, 6.45) is 5.59. The Bertz CT molecular complexity index is 496. The molecule has 0 aromatic carbocycles. The van der Waals surface area contributed by atoms with Crippen molar-refractivity contribution in [2.45, 2.75) is 58.5 Å². The molecule has 132 valence electrons. The van der Waals surface area contributed by atoms with Crippen LogP contribution in [0.4, 0.5) is 0 Å². The summed E-state index contributed by atoms with van der Waals surface area (Å²) < 4.78 is 0. The van der Waals surface area contributed by atoms with Crippen molar-refractivity contribution in [3.63, 3.8) is 0 Å². The monoisotopic (exact) mass is 361 g/mol. The second-order valence-electron chi connectivity index (χ2n) is 6.55. The number of hydrogen-bond acceptors (Lipinski definition) is 3. The fourth-order valence-corrected chi connectivity index (χ4v) is 3.16. The molecule has 1 saturated carbocycles. The summed E-state index contributed by atoms with van der Waals surface area (Å²) >= 11 is 0. The normalized spacial score (nSPS) is 21.3. The van der Waals surface area contributed by atoms with E-state index in [1.54, 1.807) is 6.20 Å². The van der Waals surface area contributed by atoms with Gasteiger partial charge in [-0.05, 0) is 43.2 Å². The molecular formula is C17H29Cl2N3O. The van der Waals surface area contributed by atoms with Crippen LogP contribution < -0.4 is 11.1 Å². The lowest BCUT2D eigenvalue weighted by atomic mass is 9.95. The van der Waals surface area contributed by atoms with Gasteiger partial charge in [-0.3, -0.25) is 9.78 Å². The lowest BCUT2D eigenvalue weighted by Gasteiger charge is -2.24. The van der Waals surface area contributed by atoms with Gasteiger partial charge in [-0.15, -0.1) is 24.8 Å². The van der Waals surface area contributed by atoms with Gasteiger partial charge in [0.2, 0.25) is 5.91 Å². The van der Waals surface area contributed by atoms with E-state index < -0.39 is 0 Å². The van der Waals surface area contributed by atoms with Crippen molar-refractivity contribution in [1.82, 2.24) is 10.3 Å². The highest BCUT2D eigenvalue weighted by Crippen LogP contribution is 2.28. The number of nitrogens with two attached hydrogens (primary N) is 1. The molecule has 6 heteroatoms. The van der Waals surface area contributed by atoms with Gasteiger partial charge in [0.15, 0.2) is 0 Å². The highest BCUT2D eigenvalue weighted by atomic mass is 35.5. The fraction of sp³-hybridized carbons (Fsp3) is 0.647. The van der Waals surface area contributed by atoms with Crippen LogP contribution in [0.1, 0.15) is 56.8 Å². The first-order valence-electron chi connectivity index (χ1n) is 7.95. The molecule has 1 heterocycles. The van der Waals surface area contributed by atoms with Crippen LogP contribution in [0, 0.1) is 18.8 Å². The van der Waals surface area contributed by atoms with Crippen LogP contribution in [0.25, 0.3) is 0 Å². The smallest absolute Gasteiger partial charge is 0.220 e. The third-order valence-corrected chi connectivity index (χ3v) is 4.49. The molecule has 0 bridgehead atoms. The highest BCUT2D eigenvalue weighted by Gasteiger charge is 2.28. The molecule has 1 aromatic rings. The summed E-state index contributed by atoms with van der Waals surface area (Å²) in [6.45, 7) is 6.26. The summed E-state index contributed by atoms with van der Waals surface area (Å²) in [5.41, 5.74) is 8.15. The Morgan fingerprint density at radius 3 is 2.61 bits per heavy atom. The maximum atomic E-state index is 12.3. The highest BCUT2D eigenvalue weighted by molar-refractivity contribution is 5.85. The van der Waals surface area contributed by atoms with Crippen LogP contribution in [0.5, 0.6) is 0 Å². The first kappa shape index (κ1) is 22.2. The molecule has 0 saturated heterocycles. The van der Waals surface area contributed by atoms with Gasteiger partial charge in [0.25, 0.3) is 0 Å². The van der Waals surface area contributed by atoms with Crippen LogP contribution in [-0.4, -0.2) is 16.9 Å². The minimum Gasteiger partial charge on any atom is -0.347 e. The SMILES string of the molecule is Cc1cccnc1C(NC(=O)C[C@@H]1CCC[C@H]1N)C(C)C.Cl.Cl. The van der Waals surface area contributed by atoms with Gasteiger partial charge < -0.3 is 11.1 Å². The number of nitrogens with one attached hydrogen (secondary N) is 1. The third-order valence-electron chi connectivity index (χ3n) is 4.49. The number of aryl methyl sites for hydroxylation is 1. The molecule has 2 rings (SSSR count). The van der Waals surface area contributed by atoms with Crippen molar-refractivity contribution in [1.29, 1.82) is 0 Å². The Balaban J connectivity index is 0.00000242. The van der Waals surface area contributed by atoms with E-state index in [0.717, 1.165) is 30.5 Å². The van der Waals surface area contributed by atoms with Crippen LogP contribution >= 0.6 is 24.8 Å². The molecule has 1 fully saturated rings. The molecule has 4 nitrogen and oxygen atoms in total. The first-order chi connectivity index (χ1) is 9.99. The van der Waals surface area contributed by atoms with E-state index in [0.29, 0.717) is 18.3 Å². The van der Waals surface area contributed by atoms with E-state index in [9.17, 15) is 4.79 Å². The predicted molar refractivity (Wildman–Crippen MR) is 99.1 cm³/mol. The van der Waals surface area contributed by atoms with Gasteiger partial charge in [0.1, 0.15) is 0 Å². The van der Waals surface area contributed by atoms with Crippen LogP contribution in [0.2, 0.25) is 0 Å². The standard InChI is InChI=1S/C17H27N3O.2ClH/c1-11(2)16(17-12(3)6-5-9-19-17)20-15(21)10-13-7-4-8-14(13)18;;/h5-6,9,11,13-14,16H,4,7-8,10,18H2,1-3H3,(H,20,21);2*1H/t13-,14+,16?;;/m0../s1. The zero-order valence-electron chi connectivity index (χ0n) is 14.1. The van der Waals surface area contributed by atoms with E-state index in [1.165, 1.54) is 0 Å².